The fraction of sp³-hybridized carbons (Fsp3) is 0.414. The quantitative estimate of drug-likeness (QED) is 0.0171. The minimum absolute atomic E-state index is 0. The Kier molecular flexibility index (Phi) is 29.7. The fourth-order valence-electron chi connectivity index (χ4n) is 9.49. The van der Waals surface area contributed by atoms with Crippen molar-refractivity contribution in [3.05, 3.63) is 129 Å². The van der Waals surface area contributed by atoms with Crippen LogP contribution in [0.25, 0.3) is 0 Å². The molecule has 20 N–H and O–H groups in total. The molecule has 0 radical (unpaired) electrons. The van der Waals surface area contributed by atoms with Crippen molar-refractivity contribution in [1.29, 1.82) is 0 Å². The molecule has 28 nitrogen and oxygen atoms in total. The number of hydrogen-bond donors (Lipinski definition) is 16. The summed E-state index contributed by atoms with van der Waals surface area (Å²) in [6, 6.07) is 12.3. The van der Waals surface area contributed by atoms with Crippen LogP contribution in [-0.2, 0) is 94.9 Å². The summed E-state index contributed by atoms with van der Waals surface area (Å²) in [6.07, 6.45) is 0.526. The first kappa shape index (κ1) is 72.0. The van der Waals surface area contributed by atoms with Crippen molar-refractivity contribution >= 4 is 83.3 Å². The lowest BCUT2D eigenvalue weighted by Crippen LogP contribution is -2.55. The van der Waals surface area contributed by atoms with Gasteiger partial charge in [-0.25, -0.2) is 0 Å². The van der Waals surface area contributed by atoms with E-state index >= 15 is 0 Å². The maximum absolute atomic E-state index is 14.0. The Hall–Kier alpha value is -9.25. The Morgan fingerprint density at radius 2 is 0.920 bits per heavy atom. The van der Waals surface area contributed by atoms with Gasteiger partial charge in [-0.3, -0.25) is 52.7 Å². The third kappa shape index (κ3) is 22.3. The number of nitrogens with one attached hydrogen (secondary N) is 10. The van der Waals surface area contributed by atoms with E-state index < -0.39 is 127 Å². The number of benzene rings is 3. The Balaban J connectivity index is 0.0000198. The highest BCUT2D eigenvalue weighted by molar-refractivity contribution is 6.02. The second-order valence-corrected chi connectivity index (χ2v) is 20.0. The van der Waals surface area contributed by atoms with Crippen LogP contribution in [0.2, 0.25) is 0 Å². The molecule has 0 fully saturated rings. The molecular formula is C58H80ClN15O13. The second-order valence-electron chi connectivity index (χ2n) is 20.0. The zero-order valence-electron chi connectivity index (χ0n) is 49.1. The number of nitrogens with zero attached hydrogens (tertiary/aromatic N) is 1. The summed E-state index contributed by atoms with van der Waals surface area (Å²) in [6.45, 7) is 5.44. The van der Waals surface area contributed by atoms with E-state index in [4.69, 9.17) is 22.9 Å². The first-order valence-electron chi connectivity index (χ1n) is 27.8. The van der Waals surface area contributed by atoms with Gasteiger partial charge in [0.05, 0.1) is 13.2 Å². The van der Waals surface area contributed by atoms with Crippen molar-refractivity contribution in [3.63, 3.8) is 0 Å². The van der Waals surface area contributed by atoms with Crippen LogP contribution in [0.3, 0.4) is 0 Å². The molecule has 0 bridgehead atoms. The van der Waals surface area contributed by atoms with Crippen molar-refractivity contribution in [1.82, 2.24) is 52.8 Å². The third-order valence-electron chi connectivity index (χ3n) is 13.7. The zero-order valence-corrected chi connectivity index (χ0v) is 50.0. The van der Waals surface area contributed by atoms with Crippen LogP contribution in [0.1, 0.15) is 113 Å². The largest absolute Gasteiger partial charge is 0.394 e. The van der Waals surface area contributed by atoms with Gasteiger partial charge in [-0.2, -0.15) is 4.99 Å². The van der Waals surface area contributed by atoms with Crippen molar-refractivity contribution in [2.45, 2.75) is 135 Å². The number of nitrogens with two attached hydrogens (primary N) is 4. The van der Waals surface area contributed by atoms with E-state index in [1.54, 1.807) is 60.7 Å². The van der Waals surface area contributed by atoms with Crippen molar-refractivity contribution < 1.29 is 63.0 Å². The van der Waals surface area contributed by atoms with Gasteiger partial charge < -0.3 is 86.0 Å². The number of carbonyl (C=O) groups is 11. The fourth-order valence-corrected chi connectivity index (χ4v) is 9.49. The molecular weight excluding hydrogens is 1150 g/mol. The van der Waals surface area contributed by atoms with Gasteiger partial charge in [-0.15, -0.1) is 12.4 Å². The molecule has 0 aliphatic carbocycles. The molecule has 3 aromatic carbocycles. The topological polar surface area (TPSA) is 469 Å². The minimum Gasteiger partial charge on any atom is -0.394 e. The molecule has 1 heterocycles. The van der Waals surface area contributed by atoms with Crippen LogP contribution in [0.5, 0.6) is 0 Å². The Morgan fingerprint density at radius 1 is 0.506 bits per heavy atom. The number of rotatable bonds is 33. The van der Waals surface area contributed by atoms with E-state index in [1.165, 1.54) is 26.0 Å². The van der Waals surface area contributed by atoms with Crippen molar-refractivity contribution in [3.8, 4) is 0 Å². The predicted molar refractivity (Wildman–Crippen MR) is 322 cm³/mol. The highest BCUT2D eigenvalue weighted by Crippen LogP contribution is 2.31. The van der Waals surface area contributed by atoms with E-state index in [9.17, 15) is 63.0 Å². The van der Waals surface area contributed by atoms with Crippen LogP contribution in [0.4, 0.5) is 0 Å². The number of aromatic amines is 1. The molecule has 29 heteroatoms. The summed E-state index contributed by atoms with van der Waals surface area (Å²) in [5.41, 5.74) is 27.2. The molecule has 87 heavy (non-hydrogen) atoms. The standard InChI is InChI=1S/C58H79N15O13.ClH/c1-6-35-38(25-63-49(78)22-21-42(50(60)79)70-51(80)41(59)28-66-52(81)43-19-20-44(69-43)55(84)73-58(61)62)36(7-2)40(27-65-54(83)48(30-75)72-57(86)46(68-32(5)77)24-34-17-13-10-14-18-34)37(8-3)39(35)26-64-53(82)47(29-74)71-56(85)45(67-31(4)76)23-33-15-11-9-12-16-33;/h9-20,41-42,45-48,69,74-75H,6-8,21-30,59H2,1-5H3,(H2,60,79)(H,63,78)(H,64,82)(H,65,83)(H,66,81)(H,67,76)(H,68,77)(H,70,80)(H,71,85)(H,72,86)(H4,61,62,73,84);1H/t41-,42-,45-,46-,47-,48-;/m0./s1. The van der Waals surface area contributed by atoms with Gasteiger partial charge in [0.2, 0.25) is 53.2 Å². The maximum atomic E-state index is 14.0. The lowest BCUT2D eigenvalue weighted by Gasteiger charge is -2.28. The van der Waals surface area contributed by atoms with Gasteiger partial charge in [0.25, 0.3) is 11.8 Å². The number of aliphatic hydroxyl groups excluding tert-OH is 2. The van der Waals surface area contributed by atoms with Crippen LogP contribution in [0, 0.1) is 0 Å². The molecule has 1 aromatic heterocycles. The van der Waals surface area contributed by atoms with Crippen molar-refractivity contribution in [2.24, 2.45) is 27.9 Å². The number of guanidine groups is 1. The molecule has 4 rings (SSSR count). The summed E-state index contributed by atoms with van der Waals surface area (Å²) in [4.78, 5) is 150. The maximum Gasteiger partial charge on any atom is 0.296 e. The van der Waals surface area contributed by atoms with Crippen LogP contribution >= 0.6 is 12.4 Å². The molecule has 472 valence electrons. The van der Waals surface area contributed by atoms with E-state index in [2.05, 4.69) is 57.8 Å². The minimum atomic E-state index is -1.48. The molecule has 0 aliphatic rings. The Labute approximate surface area is 509 Å². The lowest BCUT2D eigenvalue weighted by atomic mass is 9.83. The average molecular weight is 1230 g/mol. The van der Waals surface area contributed by atoms with Gasteiger partial charge in [-0.05, 0) is 82.3 Å². The molecule has 0 saturated heterocycles. The SMILES string of the molecule is CCc1c(CNC(=O)CC[C@H](NC(=O)[C@@H](N)CNC(=O)c2ccc(C(=O)N=C(N)N)[nH]2)C(N)=O)c(CC)c(CNC(=O)[C@H](CO)NC(=O)[C@H](Cc2ccccc2)NC(C)=O)c(CC)c1CNC(=O)[C@H](CO)NC(=O)[C@H](Cc1ccccc1)NC(C)=O.Cl. The highest BCUT2D eigenvalue weighted by atomic mass is 35.5. The first-order valence-corrected chi connectivity index (χ1v) is 27.8. The van der Waals surface area contributed by atoms with Crippen LogP contribution < -0.4 is 70.8 Å². The molecule has 0 saturated carbocycles. The zero-order chi connectivity index (χ0) is 63.6. The average Bonchev–Trinajstić information content (AvgIpc) is 1.39. The number of H-pyrrole nitrogens is 1. The van der Waals surface area contributed by atoms with Gasteiger partial charge in [0.1, 0.15) is 47.6 Å². The van der Waals surface area contributed by atoms with Gasteiger partial charge >= 0.3 is 0 Å². The number of hydrogen-bond acceptors (Lipinski definition) is 14. The van der Waals surface area contributed by atoms with E-state index in [-0.39, 0.29) is 69.1 Å². The van der Waals surface area contributed by atoms with Gasteiger partial charge in [0, 0.05) is 59.3 Å². The smallest absolute Gasteiger partial charge is 0.296 e. The number of aliphatic imine (C=N–C) groups is 1. The van der Waals surface area contributed by atoms with E-state index in [1.807, 2.05) is 20.8 Å². The van der Waals surface area contributed by atoms with Gasteiger partial charge in [0.15, 0.2) is 5.96 Å². The third-order valence-corrected chi connectivity index (χ3v) is 13.7. The molecule has 0 unspecified atom stereocenters. The molecule has 11 amide bonds. The molecule has 0 spiro atoms. The molecule has 0 aliphatic heterocycles. The summed E-state index contributed by atoms with van der Waals surface area (Å²) >= 11 is 0. The van der Waals surface area contributed by atoms with E-state index in [0.717, 1.165) is 11.1 Å². The number of primary amides is 1. The number of aliphatic hydroxyl groups is 2. The number of halogens is 1. The van der Waals surface area contributed by atoms with E-state index in [0.29, 0.717) is 52.6 Å². The predicted octanol–water partition coefficient (Wildman–Crippen LogP) is -2.66. The Morgan fingerprint density at radius 3 is 1.31 bits per heavy atom. The van der Waals surface area contributed by atoms with Crippen LogP contribution in [0.15, 0.2) is 77.8 Å². The molecule has 6 atom stereocenters. The van der Waals surface area contributed by atoms with Crippen LogP contribution in [-0.4, -0.2) is 142 Å². The number of amides is 11. The monoisotopic (exact) mass is 1230 g/mol. The summed E-state index contributed by atoms with van der Waals surface area (Å²) < 4.78 is 0. The highest BCUT2D eigenvalue weighted by Gasteiger charge is 2.31. The first-order chi connectivity index (χ1) is 40.9. The van der Waals surface area contributed by atoms with Crippen molar-refractivity contribution in [2.75, 3.05) is 19.8 Å². The summed E-state index contributed by atoms with van der Waals surface area (Å²) in [7, 11) is 0. The normalized spacial score (nSPS) is 12.8. The summed E-state index contributed by atoms with van der Waals surface area (Å²) in [5.74, 6) is -8.57. The number of carbonyl (C=O) groups excluding carboxylic acids is 11. The van der Waals surface area contributed by atoms with Gasteiger partial charge in [-0.1, -0.05) is 81.4 Å². The number of aromatic nitrogens is 1. The lowest BCUT2D eigenvalue weighted by molar-refractivity contribution is -0.132. The second kappa shape index (κ2) is 35.9. The summed E-state index contributed by atoms with van der Waals surface area (Å²) in [5, 5.41) is 44.5. The Bertz CT molecular complexity index is 2970. The molecule has 4 aromatic rings.